The van der Waals surface area contributed by atoms with Gasteiger partial charge in [-0.05, 0) is 38.3 Å². The molecule has 2 heterocycles. The Labute approximate surface area is 157 Å². The zero-order valence-corrected chi connectivity index (χ0v) is 16.0. The van der Waals surface area contributed by atoms with Gasteiger partial charge in [-0.3, -0.25) is 4.79 Å². The van der Waals surface area contributed by atoms with E-state index in [0.717, 1.165) is 31.7 Å². The third-order valence-corrected chi connectivity index (χ3v) is 3.59. The topological polar surface area (TPSA) is 71.2 Å². The molecule has 1 atom stereocenters. The summed E-state index contributed by atoms with van der Waals surface area (Å²) in [6, 6.07) is 4.33. The zero-order chi connectivity index (χ0) is 14.5. The van der Waals surface area contributed by atoms with E-state index in [1.807, 2.05) is 20.0 Å². The maximum Gasteiger partial charge on any atom is 0.221 e. The van der Waals surface area contributed by atoms with Crippen molar-refractivity contribution >= 4 is 48.9 Å². The molecule has 3 N–H and O–H groups in total. The third kappa shape index (κ3) is 8.06. The fourth-order valence-electron chi connectivity index (χ4n) is 2.48. The van der Waals surface area contributed by atoms with Crippen LogP contribution in [0.2, 0.25) is 0 Å². The Morgan fingerprint density at radius 1 is 1.35 bits per heavy atom. The number of amides is 1. The lowest BCUT2D eigenvalue weighted by molar-refractivity contribution is -0.122. The molecule has 1 amide bonds. The molecule has 1 aliphatic rings. The Bertz CT molecular complexity index is 449. The number of halogens is 3. The number of piperidine rings is 1. The first-order valence-electron chi connectivity index (χ1n) is 7.27. The predicted molar refractivity (Wildman–Crippen MR) is 102 cm³/mol. The lowest BCUT2D eigenvalue weighted by Crippen LogP contribution is -2.45. The number of nitrogens with two attached hydrogens (primary N) is 1. The van der Waals surface area contributed by atoms with Crippen molar-refractivity contribution in [3.8, 4) is 0 Å². The van der Waals surface area contributed by atoms with E-state index in [2.05, 4.69) is 27.3 Å². The molecule has 2 rings (SSSR count). The van der Waals surface area contributed by atoms with Gasteiger partial charge in [-0.15, -0.1) is 37.2 Å². The predicted octanol–water partition coefficient (Wildman–Crippen LogP) is 2.48. The second-order valence-electron chi connectivity index (χ2n) is 5.70. The molecular weight excluding hydrogens is 359 g/mol. The summed E-state index contributed by atoms with van der Waals surface area (Å²) < 4.78 is 0. The van der Waals surface area contributed by atoms with Crippen LogP contribution in [-0.2, 0) is 4.79 Å². The minimum absolute atomic E-state index is 0. The van der Waals surface area contributed by atoms with Crippen molar-refractivity contribution in [1.82, 2.24) is 10.3 Å². The van der Waals surface area contributed by atoms with E-state index in [0.29, 0.717) is 6.42 Å². The molecule has 1 fully saturated rings. The van der Waals surface area contributed by atoms with E-state index in [-0.39, 0.29) is 55.2 Å². The molecule has 0 aliphatic carbocycles. The normalized spacial score (nSPS) is 15.5. The van der Waals surface area contributed by atoms with Gasteiger partial charge in [0.05, 0.1) is 0 Å². The van der Waals surface area contributed by atoms with E-state index in [4.69, 9.17) is 5.73 Å². The number of rotatable bonds is 4. The number of nitrogens with zero attached hydrogens (tertiary/aromatic N) is 2. The summed E-state index contributed by atoms with van der Waals surface area (Å²) in [5.74, 6) is 1.09. The quantitative estimate of drug-likeness (QED) is 0.835. The van der Waals surface area contributed by atoms with E-state index in [1.54, 1.807) is 0 Å². The first kappa shape index (κ1) is 24.5. The number of pyridine rings is 1. The first-order chi connectivity index (χ1) is 9.54. The lowest BCUT2D eigenvalue weighted by atomic mass is 10.0. The van der Waals surface area contributed by atoms with Crippen LogP contribution in [0.4, 0.5) is 5.82 Å². The summed E-state index contributed by atoms with van der Waals surface area (Å²) >= 11 is 0. The number of carbonyl (C=O) groups excluding carboxylic acids is 1. The van der Waals surface area contributed by atoms with Crippen molar-refractivity contribution in [2.75, 3.05) is 18.0 Å². The molecule has 0 aromatic carbocycles. The Kier molecular flexibility index (Phi) is 12.5. The van der Waals surface area contributed by atoms with Gasteiger partial charge in [0.15, 0.2) is 0 Å². The van der Waals surface area contributed by atoms with Crippen molar-refractivity contribution in [2.24, 2.45) is 5.73 Å². The van der Waals surface area contributed by atoms with Gasteiger partial charge in [-0.2, -0.15) is 0 Å². The van der Waals surface area contributed by atoms with Crippen LogP contribution >= 0.6 is 37.2 Å². The summed E-state index contributed by atoms with van der Waals surface area (Å²) in [6.45, 7) is 5.75. The largest absolute Gasteiger partial charge is 0.356 e. The molecule has 8 heteroatoms. The monoisotopic (exact) mass is 384 g/mol. The highest BCUT2D eigenvalue weighted by atomic mass is 35.5. The van der Waals surface area contributed by atoms with Gasteiger partial charge in [0.25, 0.3) is 0 Å². The average Bonchev–Trinajstić information content (AvgIpc) is 2.39. The number of carbonyl (C=O) groups is 1. The van der Waals surface area contributed by atoms with Crippen LogP contribution in [0.15, 0.2) is 18.3 Å². The van der Waals surface area contributed by atoms with E-state index in [9.17, 15) is 4.79 Å². The number of aromatic nitrogens is 1. The van der Waals surface area contributed by atoms with Crippen LogP contribution in [0.3, 0.4) is 0 Å². The number of nitrogens with one attached hydrogen (secondary N) is 1. The maximum absolute atomic E-state index is 11.7. The lowest BCUT2D eigenvalue weighted by Gasteiger charge is -2.33. The van der Waals surface area contributed by atoms with Crippen molar-refractivity contribution in [2.45, 2.75) is 45.2 Å². The maximum atomic E-state index is 11.7. The molecule has 1 aromatic heterocycles. The Morgan fingerprint density at radius 2 is 1.96 bits per heavy atom. The van der Waals surface area contributed by atoms with Crippen LogP contribution in [-0.4, -0.2) is 36.1 Å². The zero-order valence-electron chi connectivity index (χ0n) is 13.5. The van der Waals surface area contributed by atoms with Crippen LogP contribution < -0.4 is 16.0 Å². The minimum atomic E-state index is -0.0770. The second-order valence-corrected chi connectivity index (χ2v) is 5.70. The Hall–Kier alpha value is -0.750. The number of hydrogen-bond donors (Lipinski definition) is 2. The fraction of sp³-hybridized carbons (Fsp3) is 0.600. The Morgan fingerprint density at radius 3 is 2.43 bits per heavy atom. The van der Waals surface area contributed by atoms with Gasteiger partial charge < -0.3 is 16.0 Å². The van der Waals surface area contributed by atoms with Crippen LogP contribution in [0.25, 0.3) is 0 Å². The highest BCUT2D eigenvalue weighted by Crippen LogP contribution is 2.18. The summed E-state index contributed by atoms with van der Waals surface area (Å²) in [5.41, 5.74) is 6.80. The van der Waals surface area contributed by atoms with Crippen LogP contribution in [0, 0.1) is 6.92 Å². The molecule has 1 saturated heterocycles. The van der Waals surface area contributed by atoms with Crippen molar-refractivity contribution in [1.29, 1.82) is 0 Å². The molecule has 0 radical (unpaired) electrons. The summed E-state index contributed by atoms with van der Waals surface area (Å²) in [5, 5.41) is 3.07. The number of anilines is 1. The van der Waals surface area contributed by atoms with Crippen LogP contribution in [0.1, 0.15) is 31.7 Å². The highest BCUT2D eigenvalue weighted by molar-refractivity contribution is 5.86. The molecule has 0 bridgehead atoms. The smallest absolute Gasteiger partial charge is 0.221 e. The minimum Gasteiger partial charge on any atom is -0.356 e. The average molecular weight is 386 g/mol. The third-order valence-electron chi connectivity index (χ3n) is 3.59. The summed E-state index contributed by atoms with van der Waals surface area (Å²) in [7, 11) is 0. The molecule has 1 aromatic rings. The van der Waals surface area contributed by atoms with Crippen LogP contribution in [0.5, 0.6) is 0 Å². The molecular formula is C15H27Cl3N4O. The second kappa shape index (κ2) is 11.7. The number of aryl methyl sites for hydroxylation is 1. The fourth-order valence-corrected chi connectivity index (χ4v) is 2.48. The van der Waals surface area contributed by atoms with Gasteiger partial charge in [0.1, 0.15) is 5.82 Å². The van der Waals surface area contributed by atoms with E-state index < -0.39 is 0 Å². The Balaban J connectivity index is 0. The van der Waals surface area contributed by atoms with Crippen molar-refractivity contribution in [3.63, 3.8) is 0 Å². The molecule has 1 unspecified atom stereocenters. The first-order valence-corrected chi connectivity index (χ1v) is 7.27. The standard InChI is InChI=1S/C15H24N4O.3ClH/c1-11-3-4-14(17-10-11)19-7-5-13(6-8-19)18-15(20)9-12(2)16;;;/h3-4,10,12-13H,5-9,16H2,1-2H3,(H,18,20);3*1H. The van der Waals surface area contributed by atoms with E-state index >= 15 is 0 Å². The molecule has 23 heavy (non-hydrogen) atoms. The number of hydrogen-bond acceptors (Lipinski definition) is 4. The van der Waals surface area contributed by atoms with E-state index in [1.165, 1.54) is 5.56 Å². The summed E-state index contributed by atoms with van der Waals surface area (Å²) in [4.78, 5) is 18.4. The van der Waals surface area contributed by atoms with Gasteiger partial charge in [0, 0.05) is 37.8 Å². The molecule has 134 valence electrons. The van der Waals surface area contributed by atoms with Gasteiger partial charge >= 0.3 is 0 Å². The van der Waals surface area contributed by atoms with Crippen molar-refractivity contribution in [3.05, 3.63) is 23.9 Å². The van der Waals surface area contributed by atoms with Crippen molar-refractivity contribution < 1.29 is 4.79 Å². The SMILES string of the molecule is Cc1ccc(N2CCC(NC(=O)CC(C)N)CC2)nc1.Cl.Cl.Cl. The van der Waals surface area contributed by atoms with Gasteiger partial charge in [-0.25, -0.2) is 4.98 Å². The molecule has 0 spiro atoms. The summed E-state index contributed by atoms with van der Waals surface area (Å²) in [6.07, 6.45) is 4.21. The van der Waals surface area contributed by atoms with Gasteiger partial charge in [-0.1, -0.05) is 6.07 Å². The molecule has 5 nitrogen and oxygen atoms in total. The molecule has 0 saturated carbocycles. The highest BCUT2D eigenvalue weighted by Gasteiger charge is 2.21. The molecule has 1 aliphatic heterocycles. The van der Waals surface area contributed by atoms with Gasteiger partial charge in [0.2, 0.25) is 5.91 Å².